The summed E-state index contributed by atoms with van der Waals surface area (Å²) in [6.07, 6.45) is 0. The van der Waals surface area contributed by atoms with E-state index >= 15 is 0 Å². The van der Waals surface area contributed by atoms with Crippen LogP contribution in [0.4, 0.5) is 0 Å². The zero-order chi connectivity index (χ0) is 7.82. The van der Waals surface area contributed by atoms with Crippen molar-refractivity contribution in [2.24, 2.45) is 0 Å². The Morgan fingerprint density at radius 3 is 1.20 bits per heavy atom. The van der Waals surface area contributed by atoms with Gasteiger partial charge in [0.15, 0.2) is 0 Å². The molecule has 0 aromatic carbocycles. The maximum atomic E-state index is 4.33. The Morgan fingerprint density at radius 2 is 1.00 bits per heavy atom. The van der Waals surface area contributed by atoms with Crippen molar-refractivity contribution in [3.63, 3.8) is 0 Å². The van der Waals surface area contributed by atoms with Gasteiger partial charge >= 0.3 is 7.32 Å². The van der Waals surface area contributed by atoms with E-state index in [2.05, 4.69) is 29.1 Å². The van der Waals surface area contributed by atoms with E-state index in [1.165, 1.54) is 21.3 Å². The van der Waals surface area contributed by atoms with Gasteiger partial charge in [0.25, 0.3) is 0 Å². The molecule has 10 heavy (non-hydrogen) atoms. The van der Waals surface area contributed by atoms with E-state index in [4.69, 9.17) is 0 Å². The van der Waals surface area contributed by atoms with Gasteiger partial charge in [0.05, 0.1) is 21.3 Å². The molecule has 0 aliphatic heterocycles. The van der Waals surface area contributed by atoms with Crippen molar-refractivity contribution in [2.45, 2.75) is 0 Å². The number of rotatable bonds is 6. The lowest BCUT2D eigenvalue weighted by atomic mass is 10.3. The van der Waals surface area contributed by atoms with Crippen LogP contribution in [-0.2, 0) is 29.1 Å². The molecule has 0 atom stereocenters. The van der Waals surface area contributed by atoms with Crippen LogP contribution in [0.1, 0.15) is 0 Å². The molecule has 7 heteroatoms. The van der Waals surface area contributed by atoms with E-state index in [1.54, 1.807) is 0 Å². The molecule has 0 aliphatic rings. The van der Waals surface area contributed by atoms with E-state index in [-0.39, 0.29) is 0 Å². The van der Waals surface area contributed by atoms with Gasteiger partial charge in [0.1, 0.15) is 0 Å². The van der Waals surface area contributed by atoms with E-state index < -0.39 is 7.32 Å². The fraction of sp³-hybridized carbons (Fsp3) is 1.00. The van der Waals surface area contributed by atoms with Gasteiger partial charge in [-0.15, -0.1) is 0 Å². The third-order valence-electron chi connectivity index (χ3n) is 0.524. The molecule has 6 nitrogen and oxygen atoms in total. The molecule has 0 saturated carbocycles. The summed E-state index contributed by atoms with van der Waals surface area (Å²) in [5, 5.41) is 0. The summed E-state index contributed by atoms with van der Waals surface area (Å²) in [4.78, 5) is 25.6. The fourth-order valence-electron chi connectivity index (χ4n) is 0.284. The molecule has 0 unspecified atom stereocenters. The maximum absolute atomic E-state index is 4.33. The zero-order valence-electron chi connectivity index (χ0n) is 6.03. The smallest absolute Gasteiger partial charge is 0.251 e. The summed E-state index contributed by atoms with van der Waals surface area (Å²) >= 11 is 0. The Kier molecular flexibility index (Phi) is 6.82. The van der Waals surface area contributed by atoms with E-state index in [1.807, 2.05) is 0 Å². The van der Waals surface area contributed by atoms with Crippen LogP contribution in [0.15, 0.2) is 0 Å². The first-order valence-corrected chi connectivity index (χ1v) is 2.43. The quantitative estimate of drug-likeness (QED) is 0.296. The Morgan fingerprint density at radius 1 is 0.700 bits per heavy atom. The predicted molar refractivity (Wildman–Crippen MR) is 30.0 cm³/mol. The predicted octanol–water partition coefficient (Wildman–Crippen LogP) is -0.295. The third kappa shape index (κ3) is 4.68. The normalized spacial score (nSPS) is 9.90. The van der Waals surface area contributed by atoms with Crippen LogP contribution in [0.5, 0.6) is 0 Å². The molecule has 0 saturated heterocycles. The first-order valence-electron chi connectivity index (χ1n) is 2.43. The minimum absolute atomic E-state index is 1.14. The van der Waals surface area contributed by atoms with Gasteiger partial charge in [-0.25, -0.2) is 14.4 Å². The number of hydrogen-bond acceptors (Lipinski definition) is 6. The molecule has 0 radical (unpaired) electrons. The van der Waals surface area contributed by atoms with Crippen molar-refractivity contribution in [1.29, 1.82) is 0 Å². The average Bonchev–Trinajstić information content (AvgIpc) is 1.90. The highest BCUT2D eigenvalue weighted by atomic mass is 17.3. The highest BCUT2D eigenvalue weighted by Crippen LogP contribution is 1.91. The third-order valence-corrected chi connectivity index (χ3v) is 0.524. The largest absolute Gasteiger partial charge is 0.725 e. The van der Waals surface area contributed by atoms with Gasteiger partial charge in [-0.1, -0.05) is 0 Å². The van der Waals surface area contributed by atoms with E-state index in [9.17, 15) is 0 Å². The van der Waals surface area contributed by atoms with Crippen LogP contribution in [-0.4, -0.2) is 28.7 Å². The van der Waals surface area contributed by atoms with Crippen LogP contribution in [0.25, 0.3) is 0 Å². The SMILES string of the molecule is COOB(OOC)OOC. The molecule has 0 aromatic rings. The van der Waals surface area contributed by atoms with Gasteiger partial charge in [-0.3, -0.25) is 14.7 Å². The molecule has 0 aromatic heterocycles. The minimum Gasteiger partial charge on any atom is -0.251 e. The van der Waals surface area contributed by atoms with Crippen molar-refractivity contribution in [3.05, 3.63) is 0 Å². The average molecular weight is 152 g/mol. The molecule has 0 bridgehead atoms. The molecule has 0 heterocycles. The van der Waals surface area contributed by atoms with Crippen molar-refractivity contribution < 1.29 is 29.1 Å². The molecular formula is C3H9BO6. The van der Waals surface area contributed by atoms with Gasteiger partial charge in [0, 0.05) is 0 Å². The van der Waals surface area contributed by atoms with Crippen LogP contribution < -0.4 is 0 Å². The van der Waals surface area contributed by atoms with Gasteiger partial charge in [0.2, 0.25) is 0 Å². The van der Waals surface area contributed by atoms with Gasteiger partial charge < -0.3 is 0 Å². The summed E-state index contributed by atoms with van der Waals surface area (Å²) in [5.74, 6) is 0. The van der Waals surface area contributed by atoms with Crippen molar-refractivity contribution in [2.75, 3.05) is 21.3 Å². The summed E-state index contributed by atoms with van der Waals surface area (Å²) in [6.45, 7) is 0. The standard InChI is InChI=1S/C3H9BO6/c1-5-8-4(9-6-2)10-7-3/h1-3H3. The summed E-state index contributed by atoms with van der Waals surface area (Å²) in [6, 6.07) is 0. The van der Waals surface area contributed by atoms with E-state index in [0.717, 1.165) is 0 Å². The molecule has 0 N–H and O–H groups in total. The topological polar surface area (TPSA) is 55.4 Å². The van der Waals surface area contributed by atoms with Gasteiger partial charge in [-0.2, -0.15) is 0 Å². The molecule has 60 valence electrons. The molecule has 0 aliphatic carbocycles. The second-order valence-corrected chi connectivity index (χ2v) is 1.08. The monoisotopic (exact) mass is 152 g/mol. The highest BCUT2D eigenvalue weighted by Gasteiger charge is 2.24. The summed E-state index contributed by atoms with van der Waals surface area (Å²) in [7, 11) is 2.75. The Labute approximate surface area is 58.9 Å². The van der Waals surface area contributed by atoms with Crippen LogP contribution >= 0.6 is 0 Å². The molecular weight excluding hydrogens is 143 g/mol. The lowest BCUT2D eigenvalue weighted by Gasteiger charge is -2.06. The molecule has 0 fully saturated rings. The van der Waals surface area contributed by atoms with Gasteiger partial charge in [-0.05, 0) is 0 Å². The molecule has 0 rings (SSSR count). The maximum Gasteiger partial charge on any atom is 0.725 e. The van der Waals surface area contributed by atoms with Crippen LogP contribution in [0, 0.1) is 0 Å². The Hall–Kier alpha value is -0.175. The lowest BCUT2D eigenvalue weighted by Crippen LogP contribution is -2.26. The Balaban J connectivity index is 3.30. The second kappa shape index (κ2) is 6.94. The summed E-state index contributed by atoms with van der Waals surface area (Å²) in [5.41, 5.74) is 0. The molecule has 0 amide bonds. The fourth-order valence-corrected chi connectivity index (χ4v) is 0.284. The Bertz CT molecular complexity index is 55.7. The first kappa shape index (κ1) is 9.82. The lowest BCUT2D eigenvalue weighted by molar-refractivity contribution is -0.327. The highest BCUT2D eigenvalue weighted by molar-refractivity contribution is 6.35. The van der Waals surface area contributed by atoms with Crippen LogP contribution in [0.2, 0.25) is 0 Å². The van der Waals surface area contributed by atoms with Crippen LogP contribution in [0.3, 0.4) is 0 Å². The van der Waals surface area contributed by atoms with Crippen molar-refractivity contribution >= 4 is 7.32 Å². The summed E-state index contributed by atoms with van der Waals surface area (Å²) < 4.78 is 0. The first-order chi connectivity index (χ1) is 4.85. The zero-order valence-corrected chi connectivity index (χ0v) is 6.03. The second-order valence-electron chi connectivity index (χ2n) is 1.08. The van der Waals surface area contributed by atoms with Crippen molar-refractivity contribution in [1.82, 2.24) is 0 Å². The number of hydrogen-bond donors (Lipinski definition) is 0. The molecule has 0 spiro atoms. The van der Waals surface area contributed by atoms with E-state index in [0.29, 0.717) is 0 Å². The van der Waals surface area contributed by atoms with Crippen molar-refractivity contribution in [3.8, 4) is 0 Å². The minimum atomic E-state index is -1.14.